The van der Waals surface area contributed by atoms with Gasteiger partial charge in [-0.15, -0.1) is 0 Å². The first-order valence-corrected chi connectivity index (χ1v) is 12.1. The van der Waals surface area contributed by atoms with Crippen LogP contribution in [0.1, 0.15) is 52.2 Å². The molecule has 0 amide bonds. The summed E-state index contributed by atoms with van der Waals surface area (Å²) < 4.78 is 11.5. The second-order valence-electron chi connectivity index (χ2n) is 9.09. The van der Waals surface area contributed by atoms with Crippen LogP contribution < -0.4 is 9.64 Å². The van der Waals surface area contributed by atoms with Crippen molar-refractivity contribution in [1.82, 2.24) is 4.98 Å². The van der Waals surface area contributed by atoms with Crippen molar-refractivity contribution in [2.45, 2.75) is 31.6 Å². The lowest BCUT2D eigenvalue weighted by Crippen LogP contribution is -2.17. The highest BCUT2D eigenvalue weighted by atomic mass is 16.5. The van der Waals surface area contributed by atoms with Gasteiger partial charge in [0.1, 0.15) is 5.75 Å². The third-order valence-corrected chi connectivity index (χ3v) is 7.03. The van der Waals surface area contributed by atoms with Crippen molar-refractivity contribution in [1.29, 1.82) is 0 Å². The summed E-state index contributed by atoms with van der Waals surface area (Å²) in [6.07, 6.45) is 8.78. The Kier molecular flexibility index (Phi) is 6.82. The van der Waals surface area contributed by atoms with Crippen LogP contribution in [-0.4, -0.2) is 42.9 Å². The minimum Gasteiger partial charge on any atom is -0.493 e. The van der Waals surface area contributed by atoms with Gasteiger partial charge in [-0.1, -0.05) is 24.3 Å². The summed E-state index contributed by atoms with van der Waals surface area (Å²) in [5, 5.41) is 9.46. The van der Waals surface area contributed by atoms with E-state index in [-0.39, 0.29) is 0 Å². The van der Waals surface area contributed by atoms with E-state index < -0.39 is 5.97 Å². The second-order valence-corrected chi connectivity index (χ2v) is 9.09. The first-order valence-electron chi connectivity index (χ1n) is 12.1. The Bertz CT molecular complexity index is 1240. The number of carbonyl (C=O) groups is 1. The van der Waals surface area contributed by atoms with Gasteiger partial charge in [0.15, 0.2) is 0 Å². The zero-order valence-electron chi connectivity index (χ0n) is 19.9. The number of aromatic carboxylic acids is 1. The maximum absolute atomic E-state index is 11.5. The number of hydrogen-bond donors (Lipinski definition) is 1. The lowest BCUT2D eigenvalue weighted by molar-refractivity contribution is 0.0695. The van der Waals surface area contributed by atoms with E-state index in [1.807, 2.05) is 0 Å². The molecule has 0 fully saturated rings. The largest absolute Gasteiger partial charge is 0.493 e. The molecular weight excluding hydrogens is 440 g/mol. The number of aryl methyl sites for hydroxylation is 1. The van der Waals surface area contributed by atoms with Gasteiger partial charge in [0, 0.05) is 36.9 Å². The van der Waals surface area contributed by atoms with E-state index in [0.29, 0.717) is 31.1 Å². The molecule has 0 bridgehead atoms. The molecule has 2 aromatic carbocycles. The molecule has 1 N–H and O–H groups in total. The van der Waals surface area contributed by atoms with E-state index in [1.165, 1.54) is 22.9 Å². The molecule has 3 heterocycles. The highest BCUT2D eigenvalue weighted by molar-refractivity contribution is 5.89. The Hall–Kier alpha value is -3.64. The molecule has 0 saturated carbocycles. The molecule has 0 saturated heterocycles. The lowest BCUT2D eigenvalue weighted by Gasteiger charge is -2.28. The standard InChI is InChI=1S/C29H30N2O4/c1-31(24-6-4-20(5-7-24)21-11-15-34-16-12-21)25-8-9-26-22(13-17-35-28(26)18-25)2-3-23-19-30-14-10-27(23)29(32)33/h4-11,14,18-19,22H,2-3,12-13,15-17H2,1H3,(H,32,33)/t22-/m1/s1. The molecule has 2 aliphatic heterocycles. The summed E-state index contributed by atoms with van der Waals surface area (Å²) in [7, 11) is 2.07. The third-order valence-electron chi connectivity index (χ3n) is 7.03. The SMILES string of the molecule is CN(c1ccc(C2=CCOCC2)cc1)c1ccc2c(c1)OCC[C@H]2CCc1cnccc1C(=O)O. The van der Waals surface area contributed by atoms with Crippen molar-refractivity contribution < 1.29 is 19.4 Å². The molecule has 2 aliphatic rings. The summed E-state index contributed by atoms with van der Waals surface area (Å²) in [6.45, 7) is 2.14. The van der Waals surface area contributed by atoms with E-state index in [1.54, 1.807) is 12.3 Å². The van der Waals surface area contributed by atoms with Gasteiger partial charge >= 0.3 is 5.97 Å². The fourth-order valence-corrected chi connectivity index (χ4v) is 4.96. The summed E-state index contributed by atoms with van der Waals surface area (Å²) in [6, 6.07) is 16.7. The molecule has 0 spiro atoms. The molecule has 0 radical (unpaired) electrons. The van der Waals surface area contributed by atoms with Crippen LogP contribution in [0.15, 0.2) is 67.0 Å². The average Bonchev–Trinajstić information content (AvgIpc) is 2.92. The minimum atomic E-state index is -0.903. The summed E-state index contributed by atoms with van der Waals surface area (Å²) in [5.74, 6) is 0.339. The van der Waals surface area contributed by atoms with E-state index in [4.69, 9.17) is 9.47 Å². The number of benzene rings is 2. The monoisotopic (exact) mass is 470 g/mol. The summed E-state index contributed by atoms with van der Waals surface area (Å²) >= 11 is 0. The lowest BCUT2D eigenvalue weighted by atomic mass is 9.87. The smallest absolute Gasteiger partial charge is 0.336 e. The fraction of sp³-hybridized carbons (Fsp3) is 0.310. The van der Waals surface area contributed by atoms with Gasteiger partial charge in [-0.05, 0) is 78.1 Å². The van der Waals surface area contributed by atoms with Crippen LogP contribution >= 0.6 is 0 Å². The van der Waals surface area contributed by atoms with E-state index in [9.17, 15) is 9.90 Å². The van der Waals surface area contributed by atoms with Crippen molar-refractivity contribution in [3.63, 3.8) is 0 Å². The predicted molar refractivity (Wildman–Crippen MR) is 137 cm³/mol. The van der Waals surface area contributed by atoms with Gasteiger partial charge in [-0.3, -0.25) is 4.98 Å². The molecule has 6 heteroatoms. The number of carboxylic acid groups (broad SMARTS) is 1. The van der Waals surface area contributed by atoms with E-state index in [2.05, 4.69) is 65.5 Å². The summed E-state index contributed by atoms with van der Waals surface area (Å²) in [4.78, 5) is 17.8. The average molecular weight is 471 g/mol. The molecule has 35 heavy (non-hydrogen) atoms. The van der Waals surface area contributed by atoms with Crippen LogP contribution in [0.2, 0.25) is 0 Å². The molecule has 5 rings (SSSR count). The van der Waals surface area contributed by atoms with Crippen molar-refractivity contribution >= 4 is 22.9 Å². The Morgan fingerprint density at radius 2 is 1.94 bits per heavy atom. The molecule has 0 unspecified atom stereocenters. The number of ether oxygens (including phenoxy) is 2. The quantitative estimate of drug-likeness (QED) is 0.467. The minimum absolute atomic E-state index is 0.326. The molecule has 1 atom stereocenters. The number of hydrogen-bond acceptors (Lipinski definition) is 5. The van der Waals surface area contributed by atoms with Gasteiger partial charge in [0.05, 0.1) is 25.4 Å². The highest BCUT2D eigenvalue weighted by Gasteiger charge is 2.23. The molecule has 3 aromatic rings. The zero-order chi connectivity index (χ0) is 24.2. The number of pyridine rings is 1. The van der Waals surface area contributed by atoms with E-state index in [0.717, 1.165) is 48.6 Å². The van der Waals surface area contributed by atoms with Crippen LogP contribution in [0.3, 0.4) is 0 Å². The molecule has 1 aromatic heterocycles. The second kappa shape index (κ2) is 10.3. The first kappa shape index (κ1) is 23.1. The number of aromatic nitrogens is 1. The summed E-state index contributed by atoms with van der Waals surface area (Å²) in [5.41, 5.74) is 7.10. The zero-order valence-corrected chi connectivity index (χ0v) is 19.9. The fourth-order valence-electron chi connectivity index (χ4n) is 4.96. The number of anilines is 2. The molecule has 6 nitrogen and oxygen atoms in total. The van der Waals surface area contributed by atoms with Crippen LogP contribution in [0.25, 0.3) is 5.57 Å². The Balaban J connectivity index is 1.30. The maximum atomic E-state index is 11.5. The van der Waals surface area contributed by atoms with Gasteiger partial charge < -0.3 is 19.5 Å². The van der Waals surface area contributed by atoms with Gasteiger partial charge in [-0.2, -0.15) is 0 Å². The maximum Gasteiger partial charge on any atom is 0.336 e. The number of nitrogens with zero attached hydrogens (tertiary/aromatic N) is 2. The van der Waals surface area contributed by atoms with E-state index >= 15 is 0 Å². The van der Waals surface area contributed by atoms with Crippen LogP contribution in [-0.2, 0) is 11.2 Å². The number of carboxylic acids is 1. The predicted octanol–water partition coefficient (Wildman–Crippen LogP) is 5.85. The topological polar surface area (TPSA) is 71.9 Å². The van der Waals surface area contributed by atoms with Crippen LogP contribution in [0.4, 0.5) is 11.4 Å². The Labute approximate surface area is 205 Å². The molecular formula is C29H30N2O4. The van der Waals surface area contributed by atoms with Crippen molar-refractivity contribution in [3.05, 3.63) is 89.3 Å². The highest BCUT2D eigenvalue weighted by Crippen LogP contribution is 2.40. The van der Waals surface area contributed by atoms with Crippen molar-refractivity contribution in [2.75, 3.05) is 31.8 Å². The normalized spacial score (nSPS) is 17.2. The van der Waals surface area contributed by atoms with Gasteiger partial charge in [-0.25, -0.2) is 4.79 Å². The van der Waals surface area contributed by atoms with Crippen molar-refractivity contribution in [2.24, 2.45) is 0 Å². The van der Waals surface area contributed by atoms with Crippen LogP contribution in [0.5, 0.6) is 5.75 Å². The van der Waals surface area contributed by atoms with Gasteiger partial charge in [0.2, 0.25) is 0 Å². The molecule has 180 valence electrons. The van der Waals surface area contributed by atoms with Crippen LogP contribution in [0, 0.1) is 0 Å². The third kappa shape index (κ3) is 5.08. The number of rotatable bonds is 7. The number of fused-ring (bicyclic) bond motifs is 1. The van der Waals surface area contributed by atoms with Gasteiger partial charge in [0.25, 0.3) is 0 Å². The first-order chi connectivity index (χ1) is 17.1. The molecule has 0 aliphatic carbocycles. The Morgan fingerprint density at radius 1 is 1.11 bits per heavy atom. The Morgan fingerprint density at radius 3 is 2.71 bits per heavy atom. The van der Waals surface area contributed by atoms with Crippen molar-refractivity contribution in [3.8, 4) is 5.75 Å².